The smallest absolute Gasteiger partial charge is 0.0607 e. The molecule has 1 aliphatic rings. The number of thioether (sulfide) groups is 1. The van der Waals surface area contributed by atoms with Gasteiger partial charge in [-0.1, -0.05) is 30.3 Å². The third-order valence-electron chi connectivity index (χ3n) is 3.43. The fourth-order valence-electron chi connectivity index (χ4n) is 2.43. The van der Waals surface area contributed by atoms with Crippen LogP contribution in [-0.4, -0.2) is 5.75 Å². The van der Waals surface area contributed by atoms with Gasteiger partial charge in [0.1, 0.15) is 0 Å². The third-order valence-corrected chi connectivity index (χ3v) is 5.17. The second-order valence-electron chi connectivity index (χ2n) is 4.89. The first-order valence-electron chi connectivity index (χ1n) is 6.42. The number of anilines is 1. The molecule has 0 fully saturated rings. The maximum atomic E-state index is 3.66. The summed E-state index contributed by atoms with van der Waals surface area (Å²) in [5, 5.41) is 3.66. The van der Waals surface area contributed by atoms with Crippen LogP contribution in [0.15, 0.2) is 46.9 Å². The molecule has 98 valence electrons. The van der Waals surface area contributed by atoms with Crippen molar-refractivity contribution >= 4 is 33.4 Å². The normalized spacial score (nSPS) is 17.9. The first-order chi connectivity index (χ1) is 9.24. The maximum absolute atomic E-state index is 3.66. The van der Waals surface area contributed by atoms with Gasteiger partial charge in [-0.3, -0.25) is 0 Å². The van der Waals surface area contributed by atoms with Gasteiger partial charge in [0, 0.05) is 21.7 Å². The molecule has 3 heteroatoms. The Balaban J connectivity index is 1.88. The molecule has 0 amide bonds. The van der Waals surface area contributed by atoms with Crippen molar-refractivity contribution in [3.63, 3.8) is 0 Å². The number of rotatable bonds is 2. The highest BCUT2D eigenvalue weighted by atomic mass is 79.9. The number of hydrogen-bond acceptors (Lipinski definition) is 2. The Hall–Kier alpha value is -0.930. The molecule has 1 heterocycles. The first-order valence-corrected chi connectivity index (χ1v) is 8.37. The quantitative estimate of drug-likeness (QED) is 0.814. The summed E-state index contributed by atoms with van der Waals surface area (Å²) in [4.78, 5) is 0. The van der Waals surface area contributed by atoms with Crippen LogP contribution in [0.1, 0.15) is 22.7 Å². The molecule has 2 aromatic carbocycles. The Labute approximate surface area is 126 Å². The van der Waals surface area contributed by atoms with Gasteiger partial charge >= 0.3 is 0 Å². The molecular weight excluding hydrogens is 318 g/mol. The maximum Gasteiger partial charge on any atom is 0.0607 e. The average molecular weight is 334 g/mol. The van der Waals surface area contributed by atoms with Crippen LogP contribution in [0.2, 0.25) is 0 Å². The monoisotopic (exact) mass is 333 g/mol. The zero-order valence-corrected chi connectivity index (χ0v) is 13.2. The third kappa shape index (κ3) is 2.82. The molecule has 0 aliphatic carbocycles. The number of halogens is 1. The Morgan fingerprint density at radius 2 is 2.05 bits per heavy atom. The summed E-state index contributed by atoms with van der Waals surface area (Å²) in [5.41, 5.74) is 5.34. The fraction of sp³-hybridized carbons (Fsp3) is 0.250. The number of benzene rings is 2. The van der Waals surface area contributed by atoms with Gasteiger partial charge in [0.05, 0.1) is 6.04 Å². The summed E-state index contributed by atoms with van der Waals surface area (Å²) in [7, 11) is 0. The van der Waals surface area contributed by atoms with Crippen molar-refractivity contribution in [1.82, 2.24) is 0 Å². The van der Waals surface area contributed by atoms with Gasteiger partial charge in [0.15, 0.2) is 0 Å². The van der Waals surface area contributed by atoms with Crippen LogP contribution in [0.3, 0.4) is 0 Å². The Kier molecular flexibility index (Phi) is 3.85. The van der Waals surface area contributed by atoms with E-state index in [1.54, 1.807) is 0 Å². The summed E-state index contributed by atoms with van der Waals surface area (Å²) in [6.45, 7) is 2.11. The van der Waals surface area contributed by atoms with E-state index in [2.05, 4.69) is 70.6 Å². The molecule has 0 aromatic heterocycles. The minimum absolute atomic E-state index is 0.397. The molecule has 3 rings (SSSR count). The van der Waals surface area contributed by atoms with Gasteiger partial charge in [0.2, 0.25) is 0 Å². The topological polar surface area (TPSA) is 12.0 Å². The molecular formula is C16H16BrNS. The summed E-state index contributed by atoms with van der Waals surface area (Å²) in [5.74, 6) is 2.25. The van der Waals surface area contributed by atoms with E-state index < -0.39 is 0 Å². The highest BCUT2D eigenvalue weighted by Crippen LogP contribution is 2.35. The van der Waals surface area contributed by atoms with Gasteiger partial charge in [0.25, 0.3) is 0 Å². The van der Waals surface area contributed by atoms with Crippen molar-refractivity contribution in [2.24, 2.45) is 0 Å². The zero-order chi connectivity index (χ0) is 13.2. The van der Waals surface area contributed by atoms with E-state index in [1.807, 2.05) is 11.8 Å². The minimum Gasteiger partial charge on any atom is -0.376 e. The predicted molar refractivity (Wildman–Crippen MR) is 87.8 cm³/mol. The largest absolute Gasteiger partial charge is 0.376 e. The summed E-state index contributed by atoms with van der Waals surface area (Å²) < 4.78 is 1.14. The van der Waals surface area contributed by atoms with E-state index in [9.17, 15) is 0 Å². The van der Waals surface area contributed by atoms with E-state index in [1.165, 1.54) is 22.4 Å². The van der Waals surface area contributed by atoms with E-state index >= 15 is 0 Å². The van der Waals surface area contributed by atoms with E-state index in [-0.39, 0.29) is 0 Å². The fourth-order valence-corrected chi connectivity index (χ4v) is 4.13. The molecule has 0 saturated carbocycles. The molecule has 1 unspecified atom stereocenters. The van der Waals surface area contributed by atoms with Crippen LogP contribution in [0.5, 0.6) is 0 Å². The van der Waals surface area contributed by atoms with Crippen LogP contribution in [0, 0.1) is 6.92 Å². The molecule has 2 aromatic rings. The second-order valence-corrected chi connectivity index (χ2v) is 6.78. The molecule has 0 radical (unpaired) electrons. The highest BCUT2D eigenvalue weighted by Gasteiger charge is 2.20. The van der Waals surface area contributed by atoms with Crippen molar-refractivity contribution in [1.29, 1.82) is 0 Å². The van der Waals surface area contributed by atoms with E-state index in [4.69, 9.17) is 0 Å². The SMILES string of the molecule is Cc1ccc(NC2CSCc3ccccc32)c(Br)c1. The van der Waals surface area contributed by atoms with Gasteiger partial charge in [-0.25, -0.2) is 0 Å². The zero-order valence-electron chi connectivity index (χ0n) is 10.8. The van der Waals surface area contributed by atoms with E-state index in [0.717, 1.165) is 16.0 Å². The molecule has 1 aliphatic heterocycles. The first kappa shape index (κ1) is 13.1. The van der Waals surface area contributed by atoms with Crippen molar-refractivity contribution in [2.45, 2.75) is 18.7 Å². The van der Waals surface area contributed by atoms with Crippen molar-refractivity contribution in [3.8, 4) is 0 Å². The van der Waals surface area contributed by atoms with Gasteiger partial charge in [-0.2, -0.15) is 11.8 Å². The molecule has 0 saturated heterocycles. The standard InChI is InChI=1S/C16H16BrNS/c1-11-6-7-15(14(17)8-11)18-16-10-19-9-12-4-2-3-5-13(12)16/h2-8,16,18H,9-10H2,1H3. The van der Waals surface area contributed by atoms with E-state index in [0.29, 0.717) is 6.04 Å². The van der Waals surface area contributed by atoms with Crippen molar-refractivity contribution < 1.29 is 0 Å². The summed E-state index contributed by atoms with van der Waals surface area (Å²) in [6, 6.07) is 15.6. The second kappa shape index (κ2) is 5.59. The highest BCUT2D eigenvalue weighted by molar-refractivity contribution is 9.10. The average Bonchev–Trinajstić information content (AvgIpc) is 2.42. The van der Waals surface area contributed by atoms with Crippen LogP contribution >= 0.6 is 27.7 Å². The summed E-state index contributed by atoms with van der Waals surface area (Å²) in [6.07, 6.45) is 0. The van der Waals surface area contributed by atoms with Gasteiger partial charge in [-0.15, -0.1) is 0 Å². The van der Waals surface area contributed by atoms with Crippen LogP contribution in [-0.2, 0) is 5.75 Å². The van der Waals surface area contributed by atoms with Gasteiger partial charge in [-0.05, 0) is 51.7 Å². The lowest BCUT2D eigenvalue weighted by Gasteiger charge is -2.27. The van der Waals surface area contributed by atoms with Gasteiger partial charge < -0.3 is 5.32 Å². The molecule has 1 nitrogen and oxygen atoms in total. The number of hydrogen-bond donors (Lipinski definition) is 1. The minimum atomic E-state index is 0.397. The van der Waals surface area contributed by atoms with Crippen LogP contribution in [0.25, 0.3) is 0 Å². The predicted octanol–water partition coefficient (Wildman–Crippen LogP) is 5.16. The lowest BCUT2D eigenvalue weighted by Crippen LogP contribution is -2.18. The van der Waals surface area contributed by atoms with Crippen molar-refractivity contribution in [2.75, 3.05) is 11.1 Å². The molecule has 1 N–H and O–H groups in total. The number of fused-ring (bicyclic) bond motifs is 1. The molecule has 1 atom stereocenters. The summed E-state index contributed by atoms with van der Waals surface area (Å²) >= 11 is 5.64. The lowest BCUT2D eigenvalue weighted by atomic mass is 10.0. The number of aryl methyl sites for hydroxylation is 1. The van der Waals surface area contributed by atoms with Crippen LogP contribution < -0.4 is 5.32 Å². The molecule has 0 spiro atoms. The Morgan fingerprint density at radius 1 is 1.21 bits per heavy atom. The van der Waals surface area contributed by atoms with Crippen molar-refractivity contribution in [3.05, 3.63) is 63.6 Å². The lowest BCUT2D eigenvalue weighted by molar-refractivity contribution is 0.870. The number of nitrogens with one attached hydrogen (secondary N) is 1. The molecule has 19 heavy (non-hydrogen) atoms. The Bertz CT molecular complexity index is 597. The Morgan fingerprint density at radius 3 is 2.89 bits per heavy atom. The van der Waals surface area contributed by atoms with Crippen LogP contribution in [0.4, 0.5) is 5.69 Å². The molecule has 0 bridgehead atoms.